The lowest BCUT2D eigenvalue weighted by atomic mass is 10.0. The van der Waals surface area contributed by atoms with Crippen molar-refractivity contribution in [1.29, 1.82) is 0 Å². The molecule has 0 fully saturated rings. The number of aliphatic hydroxyl groups excluding tert-OH is 1. The zero-order valence-corrected chi connectivity index (χ0v) is 11.3. The molecule has 0 unspecified atom stereocenters. The average Bonchev–Trinajstić information content (AvgIpc) is 2.26. The zero-order valence-electron chi connectivity index (χ0n) is 11.3. The van der Waals surface area contributed by atoms with Crippen LogP contribution in [0.5, 0.6) is 0 Å². The third kappa shape index (κ3) is 8.72. The van der Waals surface area contributed by atoms with Gasteiger partial charge in [0.15, 0.2) is 0 Å². The maximum absolute atomic E-state index is 8.94. The molecule has 16 heavy (non-hydrogen) atoms. The van der Waals surface area contributed by atoms with Crippen molar-refractivity contribution in [2.75, 3.05) is 6.61 Å². The summed E-state index contributed by atoms with van der Waals surface area (Å²) in [5.74, 6) is 0. The molecule has 0 radical (unpaired) electrons. The monoisotopic (exact) mass is 224 g/mol. The fourth-order valence-corrected chi connectivity index (χ4v) is 1.86. The van der Waals surface area contributed by atoms with Gasteiger partial charge in [-0.2, -0.15) is 0 Å². The van der Waals surface area contributed by atoms with Gasteiger partial charge in [-0.1, -0.05) is 50.0 Å². The van der Waals surface area contributed by atoms with Crippen molar-refractivity contribution < 1.29 is 5.11 Å². The molecule has 0 rings (SSSR count). The minimum Gasteiger partial charge on any atom is -0.392 e. The summed E-state index contributed by atoms with van der Waals surface area (Å²) in [4.78, 5) is 0. The van der Waals surface area contributed by atoms with Gasteiger partial charge in [-0.25, -0.2) is 0 Å². The summed E-state index contributed by atoms with van der Waals surface area (Å²) in [5, 5.41) is 8.94. The van der Waals surface area contributed by atoms with Crippen LogP contribution in [-0.4, -0.2) is 11.7 Å². The van der Waals surface area contributed by atoms with Gasteiger partial charge in [0.25, 0.3) is 0 Å². The Kier molecular flexibility index (Phi) is 10.6. The van der Waals surface area contributed by atoms with Crippen LogP contribution in [0.25, 0.3) is 0 Å². The molecule has 0 bridgehead atoms. The number of aliphatic hydroxyl groups is 1. The van der Waals surface area contributed by atoms with Gasteiger partial charge in [-0.15, -0.1) is 0 Å². The van der Waals surface area contributed by atoms with Crippen molar-refractivity contribution in [1.82, 2.24) is 0 Å². The summed E-state index contributed by atoms with van der Waals surface area (Å²) in [5.41, 5.74) is 2.92. The van der Waals surface area contributed by atoms with Crippen molar-refractivity contribution >= 4 is 0 Å². The molecule has 1 nitrogen and oxygen atoms in total. The SMILES string of the molecule is CCCCC(=CCO)CCC=C(C)CCC. The minimum atomic E-state index is 0.191. The van der Waals surface area contributed by atoms with Crippen LogP contribution in [0.1, 0.15) is 65.7 Å². The van der Waals surface area contributed by atoms with Crippen LogP contribution in [0.4, 0.5) is 0 Å². The summed E-state index contributed by atoms with van der Waals surface area (Å²) in [6.45, 7) is 6.83. The molecule has 0 heterocycles. The summed E-state index contributed by atoms with van der Waals surface area (Å²) >= 11 is 0. The Morgan fingerprint density at radius 3 is 2.31 bits per heavy atom. The highest BCUT2D eigenvalue weighted by Gasteiger charge is 1.96. The number of allylic oxidation sites excluding steroid dienone is 3. The van der Waals surface area contributed by atoms with E-state index in [9.17, 15) is 0 Å². The first-order valence-corrected chi connectivity index (χ1v) is 6.68. The first-order valence-electron chi connectivity index (χ1n) is 6.68. The molecule has 0 aromatic carbocycles. The van der Waals surface area contributed by atoms with E-state index in [2.05, 4.69) is 26.8 Å². The van der Waals surface area contributed by atoms with Crippen LogP contribution in [0, 0.1) is 0 Å². The Morgan fingerprint density at radius 2 is 1.75 bits per heavy atom. The number of unbranched alkanes of at least 4 members (excludes halogenated alkanes) is 1. The van der Waals surface area contributed by atoms with Crippen LogP contribution in [0.15, 0.2) is 23.3 Å². The maximum Gasteiger partial charge on any atom is 0.0615 e. The Hall–Kier alpha value is -0.560. The third-order valence-corrected chi connectivity index (χ3v) is 2.83. The van der Waals surface area contributed by atoms with Gasteiger partial charge < -0.3 is 5.11 Å². The summed E-state index contributed by atoms with van der Waals surface area (Å²) < 4.78 is 0. The Labute approximate surface area is 101 Å². The van der Waals surface area contributed by atoms with E-state index in [1.165, 1.54) is 36.8 Å². The minimum absolute atomic E-state index is 0.191. The fraction of sp³-hybridized carbons (Fsp3) is 0.733. The van der Waals surface area contributed by atoms with Crippen molar-refractivity contribution in [3.8, 4) is 0 Å². The van der Waals surface area contributed by atoms with E-state index in [1.54, 1.807) is 0 Å². The van der Waals surface area contributed by atoms with Gasteiger partial charge in [0.05, 0.1) is 6.61 Å². The van der Waals surface area contributed by atoms with Crippen molar-refractivity contribution in [3.63, 3.8) is 0 Å². The molecular formula is C15H28O. The summed E-state index contributed by atoms with van der Waals surface area (Å²) in [7, 11) is 0. The van der Waals surface area contributed by atoms with E-state index in [0.29, 0.717) is 0 Å². The van der Waals surface area contributed by atoms with Crippen LogP contribution in [0.3, 0.4) is 0 Å². The molecule has 1 N–H and O–H groups in total. The maximum atomic E-state index is 8.94. The highest BCUT2D eigenvalue weighted by atomic mass is 16.2. The Bertz CT molecular complexity index is 213. The molecule has 0 atom stereocenters. The van der Waals surface area contributed by atoms with E-state index in [1.807, 2.05) is 6.08 Å². The molecule has 94 valence electrons. The number of hydrogen-bond acceptors (Lipinski definition) is 1. The lowest BCUT2D eigenvalue weighted by Gasteiger charge is -2.05. The summed E-state index contributed by atoms with van der Waals surface area (Å²) in [6, 6.07) is 0. The standard InChI is InChI=1S/C15H28O/c1-4-6-10-15(12-13-16)11-7-9-14(3)8-5-2/h9,12,16H,4-8,10-11,13H2,1-3H3. The quantitative estimate of drug-likeness (QED) is 0.566. The smallest absolute Gasteiger partial charge is 0.0615 e. The van der Waals surface area contributed by atoms with Crippen LogP contribution in [-0.2, 0) is 0 Å². The lowest BCUT2D eigenvalue weighted by Crippen LogP contribution is -1.88. The number of rotatable bonds is 9. The summed E-state index contributed by atoms with van der Waals surface area (Å²) in [6.07, 6.45) is 12.6. The van der Waals surface area contributed by atoms with Gasteiger partial charge in [0.1, 0.15) is 0 Å². The van der Waals surface area contributed by atoms with Gasteiger partial charge >= 0.3 is 0 Å². The molecule has 0 aromatic heterocycles. The molecule has 0 saturated carbocycles. The van der Waals surface area contributed by atoms with Gasteiger partial charge in [0.2, 0.25) is 0 Å². The molecule has 0 aliphatic heterocycles. The van der Waals surface area contributed by atoms with Crippen LogP contribution in [0.2, 0.25) is 0 Å². The van der Waals surface area contributed by atoms with Gasteiger partial charge in [-0.05, 0) is 39.0 Å². The highest BCUT2D eigenvalue weighted by Crippen LogP contribution is 2.15. The highest BCUT2D eigenvalue weighted by molar-refractivity contribution is 5.05. The topological polar surface area (TPSA) is 20.2 Å². The molecule has 1 heteroatoms. The third-order valence-electron chi connectivity index (χ3n) is 2.83. The predicted octanol–water partition coefficient (Wildman–Crippen LogP) is 4.62. The first kappa shape index (κ1) is 15.4. The normalized spacial score (nSPS) is 13.2. The van der Waals surface area contributed by atoms with Crippen molar-refractivity contribution in [3.05, 3.63) is 23.3 Å². The Morgan fingerprint density at radius 1 is 1.00 bits per heavy atom. The van der Waals surface area contributed by atoms with E-state index in [4.69, 9.17) is 5.11 Å². The predicted molar refractivity (Wildman–Crippen MR) is 72.6 cm³/mol. The van der Waals surface area contributed by atoms with Crippen LogP contribution >= 0.6 is 0 Å². The molecule has 0 saturated heterocycles. The molecular weight excluding hydrogens is 196 g/mol. The second-order valence-electron chi connectivity index (χ2n) is 4.49. The Balaban J connectivity index is 3.92. The van der Waals surface area contributed by atoms with Crippen molar-refractivity contribution in [2.24, 2.45) is 0 Å². The second kappa shape index (κ2) is 10.9. The lowest BCUT2D eigenvalue weighted by molar-refractivity contribution is 0.341. The van der Waals surface area contributed by atoms with Gasteiger partial charge in [0, 0.05) is 0 Å². The molecule has 0 aromatic rings. The molecule has 0 spiro atoms. The fourth-order valence-electron chi connectivity index (χ4n) is 1.86. The first-order chi connectivity index (χ1) is 7.74. The van der Waals surface area contributed by atoms with Crippen LogP contribution < -0.4 is 0 Å². The van der Waals surface area contributed by atoms with Crippen molar-refractivity contribution in [2.45, 2.75) is 65.7 Å². The van der Waals surface area contributed by atoms with E-state index in [0.717, 1.165) is 19.3 Å². The molecule has 0 aliphatic rings. The zero-order chi connectivity index (χ0) is 12.2. The largest absolute Gasteiger partial charge is 0.392 e. The molecule has 0 aliphatic carbocycles. The number of hydrogen-bond donors (Lipinski definition) is 1. The van der Waals surface area contributed by atoms with E-state index < -0.39 is 0 Å². The second-order valence-corrected chi connectivity index (χ2v) is 4.49. The van der Waals surface area contributed by atoms with E-state index >= 15 is 0 Å². The van der Waals surface area contributed by atoms with Gasteiger partial charge in [-0.3, -0.25) is 0 Å². The van der Waals surface area contributed by atoms with E-state index in [-0.39, 0.29) is 6.61 Å². The average molecular weight is 224 g/mol. The molecule has 0 amide bonds.